The maximum atomic E-state index is 11.4. The van der Waals surface area contributed by atoms with Crippen LogP contribution in [0.25, 0.3) is 0 Å². The minimum Gasteiger partial charge on any atom is -0.435 e. The Morgan fingerprint density at radius 3 is 1.64 bits per heavy atom. The summed E-state index contributed by atoms with van der Waals surface area (Å²) in [6.07, 6.45) is 24.0. The molecular formula is C22H42O3. The summed E-state index contributed by atoms with van der Waals surface area (Å²) < 4.78 is 4.93. The van der Waals surface area contributed by atoms with Gasteiger partial charge in [0.25, 0.3) is 0 Å². The van der Waals surface area contributed by atoms with Crippen LogP contribution in [0.1, 0.15) is 116 Å². The van der Waals surface area contributed by atoms with Crippen LogP contribution in [-0.2, 0) is 9.53 Å². The molecule has 0 aliphatic heterocycles. The molecule has 3 nitrogen and oxygen atoms in total. The molecule has 0 aliphatic carbocycles. The fourth-order valence-corrected chi connectivity index (χ4v) is 2.97. The number of carbonyl (C=O) groups excluding carboxylic acids is 1. The van der Waals surface area contributed by atoms with Gasteiger partial charge in [-0.05, 0) is 18.9 Å². The van der Waals surface area contributed by atoms with Crippen molar-refractivity contribution in [3.8, 4) is 0 Å². The van der Waals surface area contributed by atoms with Crippen molar-refractivity contribution in [3.63, 3.8) is 0 Å². The van der Waals surface area contributed by atoms with E-state index < -0.39 is 0 Å². The number of unbranched alkanes of at least 4 members (excludes halogenated alkanes) is 14. The monoisotopic (exact) mass is 354 g/mol. The fraction of sp³-hybridized carbons (Fsp3) is 0.864. The van der Waals surface area contributed by atoms with E-state index in [0.717, 1.165) is 12.8 Å². The van der Waals surface area contributed by atoms with Crippen molar-refractivity contribution in [1.29, 1.82) is 0 Å². The van der Waals surface area contributed by atoms with Crippen LogP contribution in [0.15, 0.2) is 12.3 Å². The molecule has 25 heavy (non-hydrogen) atoms. The zero-order valence-electron chi connectivity index (χ0n) is 16.6. The SMILES string of the molecule is CCCCCCCCCCCCCCCCCC(=O)OC=CCCO. The first-order valence-corrected chi connectivity index (χ1v) is 10.8. The lowest BCUT2D eigenvalue weighted by Gasteiger charge is -2.03. The van der Waals surface area contributed by atoms with Crippen LogP contribution in [0.4, 0.5) is 0 Å². The lowest BCUT2D eigenvalue weighted by Crippen LogP contribution is -1.99. The molecule has 148 valence electrons. The number of hydrogen-bond acceptors (Lipinski definition) is 3. The summed E-state index contributed by atoms with van der Waals surface area (Å²) in [6.45, 7) is 2.36. The molecule has 0 spiro atoms. The maximum absolute atomic E-state index is 11.4. The molecule has 1 N–H and O–H groups in total. The van der Waals surface area contributed by atoms with Crippen molar-refractivity contribution in [2.75, 3.05) is 6.61 Å². The van der Waals surface area contributed by atoms with E-state index in [2.05, 4.69) is 6.92 Å². The molecule has 0 aromatic carbocycles. The zero-order valence-corrected chi connectivity index (χ0v) is 16.6. The van der Waals surface area contributed by atoms with Gasteiger partial charge in [-0.1, -0.05) is 96.8 Å². The van der Waals surface area contributed by atoms with Crippen LogP contribution in [0.2, 0.25) is 0 Å². The largest absolute Gasteiger partial charge is 0.435 e. The van der Waals surface area contributed by atoms with Gasteiger partial charge in [-0.3, -0.25) is 4.79 Å². The number of ether oxygens (including phenoxy) is 1. The van der Waals surface area contributed by atoms with Crippen LogP contribution in [-0.4, -0.2) is 17.7 Å². The Morgan fingerprint density at radius 2 is 1.20 bits per heavy atom. The van der Waals surface area contributed by atoms with Gasteiger partial charge in [0, 0.05) is 13.0 Å². The third kappa shape index (κ3) is 21.1. The van der Waals surface area contributed by atoms with Gasteiger partial charge in [0.05, 0.1) is 6.26 Å². The Bertz CT molecular complexity index is 300. The van der Waals surface area contributed by atoms with Crippen LogP contribution in [0.5, 0.6) is 0 Å². The normalized spacial score (nSPS) is 11.3. The second-order valence-electron chi connectivity index (χ2n) is 7.07. The molecule has 0 fully saturated rings. The molecule has 0 aromatic rings. The van der Waals surface area contributed by atoms with Crippen molar-refractivity contribution < 1.29 is 14.6 Å². The number of aliphatic hydroxyl groups is 1. The van der Waals surface area contributed by atoms with E-state index in [9.17, 15) is 4.79 Å². The Hall–Kier alpha value is -0.830. The van der Waals surface area contributed by atoms with Gasteiger partial charge in [0.1, 0.15) is 0 Å². The average molecular weight is 355 g/mol. The van der Waals surface area contributed by atoms with Gasteiger partial charge in [0.15, 0.2) is 0 Å². The molecule has 0 aromatic heterocycles. The standard InChI is InChI=1S/C22H42O3/c1-2-3-4-5-6-7-8-9-10-11-12-13-14-15-16-19-22(24)25-21-18-17-20-23/h18,21,23H,2-17,19-20H2,1H3. The average Bonchev–Trinajstić information content (AvgIpc) is 2.62. The lowest BCUT2D eigenvalue weighted by atomic mass is 10.0. The first kappa shape index (κ1) is 24.2. The molecular weight excluding hydrogens is 312 g/mol. The summed E-state index contributed by atoms with van der Waals surface area (Å²) in [4.78, 5) is 11.4. The van der Waals surface area contributed by atoms with Crippen molar-refractivity contribution in [3.05, 3.63) is 12.3 Å². The Morgan fingerprint density at radius 1 is 0.760 bits per heavy atom. The maximum Gasteiger partial charge on any atom is 0.310 e. The summed E-state index contributed by atoms with van der Waals surface area (Å²) in [7, 11) is 0. The molecule has 0 atom stereocenters. The number of rotatable bonds is 19. The van der Waals surface area contributed by atoms with Gasteiger partial charge in [-0.2, -0.15) is 0 Å². The van der Waals surface area contributed by atoms with E-state index in [1.54, 1.807) is 6.08 Å². The predicted molar refractivity (Wildman–Crippen MR) is 106 cm³/mol. The summed E-state index contributed by atoms with van der Waals surface area (Å²) in [6, 6.07) is 0. The number of esters is 1. The van der Waals surface area contributed by atoms with Gasteiger partial charge < -0.3 is 9.84 Å². The molecule has 0 aliphatic rings. The van der Waals surface area contributed by atoms with Crippen molar-refractivity contribution >= 4 is 5.97 Å². The number of carbonyl (C=O) groups is 1. The molecule has 0 heterocycles. The molecule has 0 unspecified atom stereocenters. The lowest BCUT2D eigenvalue weighted by molar-refractivity contribution is -0.138. The smallest absolute Gasteiger partial charge is 0.310 e. The van der Waals surface area contributed by atoms with E-state index in [4.69, 9.17) is 9.84 Å². The second kappa shape index (κ2) is 21.2. The minimum absolute atomic E-state index is 0.0904. The predicted octanol–water partition coefficient (Wildman–Crippen LogP) is 6.69. The Labute approximate surface area is 156 Å². The topological polar surface area (TPSA) is 46.5 Å². The highest BCUT2D eigenvalue weighted by Crippen LogP contribution is 2.13. The molecule has 0 saturated carbocycles. The van der Waals surface area contributed by atoms with Gasteiger partial charge in [0.2, 0.25) is 0 Å². The van der Waals surface area contributed by atoms with E-state index in [1.165, 1.54) is 89.7 Å². The van der Waals surface area contributed by atoms with Crippen molar-refractivity contribution in [2.45, 2.75) is 116 Å². The Balaban J connectivity index is 3.12. The first-order valence-electron chi connectivity index (χ1n) is 10.8. The zero-order chi connectivity index (χ0) is 18.4. The summed E-state index contributed by atoms with van der Waals surface area (Å²) >= 11 is 0. The third-order valence-corrected chi connectivity index (χ3v) is 4.58. The van der Waals surface area contributed by atoms with Gasteiger partial charge in [-0.25, -0.2) is 0 Å². The molecule has 0 bridgehead atoms. The summed E-state index contributed by atoms with van der Waals surface area (Å²) in [5, 5.41) is 8.59. The quantitative estimate of drug-likeness (QED) is 0.160. The summed E-state index contributed by atoms with van der Waals surface area (Å²) in [5.41, 5.74) is 0. The van der Waals surface area contributed by atoms with Crippen LogP contribution in [0.3, 0.4) is 0 Å². The molecule has 0 amide bonds. The third-order valence-electron chi connectivity index (χ3n) is 4.58. The number of aliphatic hydroxyl groups excluding tert-OH is 1. The molecule has 0 saturated heterocycles. The van der Waals surface area contributed by atoms with E-state index >= 15 is 0 Å². The fourth-order valence-electron chi connectivity index (χ4n) is 2.97. The van der Waals surface area contributed by atoms with E-state index in [-0.39, 0.29) is 12.6 Å². The highest BCUT2D eigenvalue weighted by atomic mass is 16.5. The van der Waals surface area contributed by atoms with Crippen LogP contribution < -0.4 is 0 Å². The highest BCUT2D eigenvalue weighted by Gasteiger charge is 2.00. The minimum atomic E-state index is -0.163. The highest BCUT2D eigenvalue weighted by molar-refractivity contribution is 5.69. The van der Waals surface area contributed by atoms with Crippen molar-refractivity contribution in [2.24, 2.45) is 0 Å². The molecule has 0 rings (SSSR count). The Kier molecular flexibility index (Phi) is 20.5. The van der Waals surface area contributed by atoms with Crippen molar-refractivity contribution in [1.82, 2.24) is 0 Å². The second-order valence-corrected chi connectivity index (χ2v) is 7.07. The molecule has 0 radical (unpaired) electrons. The summed E-state index contributed by atoms with van der Waals surface area (Å²) in [5.74, 6) is -0.163. The van der Waals surface area contributed by atoms with Crippen LogP contribution in [0, 0.1) is 0 Å². The van der Waals surface area contributed by atoms with Gasteiger partial charge in [-0.15, -0.1) is 0 Å². The van der Waals surface area contributed by atoms with Crippen LogP contribution >= 0.6 is 0 Å². The first-order chi connectivity index (χ1) is 12.3. The van der Waals surface area contributed by atoms with Gasteiger partial charge >= 0.3 is 5.97 Å². The van der Waals surface area contributed by atoms with E-state index in [0.29, 0.717) is 12.8 Å². The number of hydrogen-bond donors (Lipinski definition) is 1. The van der Waals surface area contributed by atoms with E-state index in [1.807, 2.05) is 0 Å². The molecule has 3 heteroatoms.